The lowest BCUT2D eigenvalue weighted by Gasteiger charge is -2.07. The first-order chi connectivity index (χ1) is 9.16. The zero-order valence-electron chi connectivity index (χ0n) is 9.31. The van der Waals surface area contributed by atoms with Gasteiger partial charge >= 0.3 is 0 Å². The lowest BCUT2D eigenvalue weighted by molar-refractivity contribution is 0.102. The Morgan fingerprint density at radius 3 is 3.00 bits per heavy atom. The summed E-state index contributed by atoms with van der Waals surface area (Å²) in [5.41, 5.74) is 3.32. The number of thiazole rings is 1. The second-order valence-electron chi connectivity index (χ2n) is 3.68. The molecule has 7 heteroatoms. The van der Waals surface area contributed by atoms with Gasteiger partial charge in [-0.15, -0.1) is 11.3 Å². The number of fused-ring (bicyclic) bond motifs is 1. The van der Waals surface area contributed by atoms with Crippen molar-refractivity contribution < 1.29 is 9.21 Å². The lowest BCUT2D eigenvalue weighted by atomic mass is 10.2. The largest absolute Gasteiger partial charge is 0.457 e. The minimum Gasteiger partial charge on any atom is -0.457 e. The Kier molecular flexibility index (Phi) is 3.30. The summed E-state index contributed by atoms with van der Waals surface area (Å²) in [4.78, 5) is 16.4. The van der Waals surface area contributed by atoms with Crippen molar-refractivity contribution in [1.29, 1.82) is 0 Å². The standard InChI is InChI=1S/C12H6BrClN2O2S/c13-11-6(3-4-18-11)12(17)16-9-7(14)1-2-8-10(9)15-5-19-8/h1-5H,(H,16,17). The number of hydrogen-bond acceptors (Lipinski definition) is 4. The Morgan fingerprint density at radius 2 is 2.26 bits per heavy atom. The zero-order valence-corrected chi connectivity index (χ0v) is 12.5. The fourth-order valence-electron chi connectivity index (χ4n) is 1.66. The molecule has 96 valence electrons. The van der Waals surface area contributed by atoms with Crippen LogP contribution >= 0.6 is 38.9 Å². The normalized spacial score (nSPS) is 10.8. The van der Waals surface area contributed by atoms with Crippen molar-refractivity contribution in [2.75, 3.05) is 5.32 Å². The molecule has 2 heterocycles. The molecule has 0 saturated carbocycles. The van der Waals surface area contributed by atoms with Crippen LogP contribution in [-0.2, 0) is 0 Å². The van der Waals surface area contributed by atoms with Gasteiger partial charge in [-0.1, -0.05) is 11.6 Å². The third kappa shape index (κ3) is 2.27. The molecule has 0 unspecified atom stereocenters. The molecule has 0 aliphatic rings. The summed E-state index contributed by atoms with van der Waals surface area (Å²) >= 11 is 10.8. The van der Waals surface area contributed by atoms with Crippen LogP contribution in [0.15, 0.2) is 39.1 Å². The van der Waals surface area contributed by atoms with Gasteiger partial charge in [-0.2, -0.15) is 0 Å². The fraction of sp³-hybridized carbons (Fsp3) is 0. The Morgan fingerprint density at radius 1 is 1.42 bits per heavy atom. The van der Waals surface area contributed by atoms with E-state index in [9.17, 15) is 4.79 Å². The van der Waals surface area contributed by atoms with E-state index in [2.05, 4.69) is 26.2 Å². The van der Waals surface area contributed by atoms with Crippen molar-refractivity contribution in [2.24, 2.45) is 0 Å². The van der Waals surface area contributed by atoms with Gasteiger partial charge in [0.15, 0.2) is 4.67 Å². The predicted molar refractivity (Wildman–Crippen MR) is 79.0 cm³/mol. The molecule has 2 aromatic heterocycles. The maximum Gasteiger partial charge on any atom is 0.260 e. The Labute approximate surface area is 125 Å². The first kappa shape index (κ1) is 12.7. The highest BCUT2D eigenvalue weighted by molar-refractivity contribution is 9.10. The van der Waals surface area contributed by atoms with Crippen molar-refractivity contribution in [3.05, 3.63) is 45.2 Å². The minimum absolute atomic E-state index is 0.303. The molecule has 0 aliphatic carbocycles. The number of aromatic nitrogens is 1. The van der Waals surface area contributed by atoms with E-state index in [0.29, 0.717) is 26.5 Å². The van der Waals surface area contributed by atoms with Crippen LogP contribution in [0, 0.1) is 0 Å². The number of carbonyl (C=O) groups excluding carboxylic acids is 1. The van der Waals surface area contributed by atoms with E-state index in [4.69, 9.17) is 16.0 Å². The van der Waals surface area contributed by atoms with Gasteiger partial charge in [0.2, 0.25) is 0 Å². The third-order valence-electron chi connectivity index (χ3n) is 2.55. The fourth-order valence-corrected chi connectivity index (χ4v) is 2.97. The second kappa shape index (κ2) is 4.96. The quantitative estimate of drug-likeness (QED) is 0.731. The van der Waals surface area contributed by atoms with Crippen LogP contribution < -0.4 is 5.32 Å². The number of carbonyl (C=O) groups is 1. The second-order valence-corrected chi connectivity index (χ2v) is 5.70. The molecule has 0 saturated heterocycles. The maximum absolute atomic E-state index is 12.1. The molecule has 1 N–H and O–H groups in total. The number of halogens is 2. The van der Waals surface area contributed by atoms with Crippen molar-refractivity contribution in [3.63, 3.8) is 0 Å². The molecule has 3 aromatic rings. The molecule has 1 aromatic carbocycles. The maximum atomic E-state index is 12.1. The Balaban J connectivity index is 2.02. The van der Waals surface area contributed by atoms with Crippen molar-refractivity contribution in [3.8, 4) is 0 Å². The van der Waals surface area contributed by atoms with Gasteiger partial charge in [-0.05, 0) is 34.1 Å². The molecular formula is C12H6BrClN2O2S. The molecule has 0 spiro atoms. The molecule has 1 amide bonds. The molecule has 19 heavy (non-hydrogen) atoms. The zero-order chi connectivity index (χ0) is 13.4. The van der Waals surface area contributed by atoms with Gasteiger partial charge in [-0.25, -0.2) is 4.98 Å². The highest BCUT2D eigenvalue weighted by atomic mass is 79.9. The van der Waals surface area contributed by atoms with E-state index in [-0.39, 0.29) is 5.91 Å². The average Bonchev–Trinajstić information content (AvgIpc) is 3.01. The van der Waals surface area contributed by atoms with Gasteiger partial charge in [-0.3, -0.25) is 4.79 Å². The number of anilines is 1. The first-order valence-corrected chi connectivity index (χ1v) is 7.28. The molecular weight excluding hydrogens is 352 g/mol. The van der Waals surface area contributed by atoms with Gasteiger partial charge in [0.1, 0.15) is 5.52 Å². The van der Waals surface area contributed by atoms with E-state index in [0.717, 1.165) is 4.70 Å². The minimum atomic E-state index is -0.303. The number of furan rings is 1. The summed E-state index contributed by atoms with van der Waals surface area (Å²) in [5.74, 6) is -0.303. The van der Waals surface area contributed by atoms with Crippen LogP contribution in [0.4, 0.5) is 5.69 Å². The number of amides is 1. The summed E-state index contributed by atoms with van der Waals surface area (Å²) in [7, 11) is 0. The number of nitrogens with zero attached hydrogens (tertiary/aromatic N) is 1. The van der Waals surface area contributed by atoms with Crippen LogP contribution in [0.25, 0.3) is 10.2 Å². The monoisotopic (exact) mass is 356 g/mol. The first-order valence-electron chi connectivity index (χ1n) is 5.23. The van der Waals surface area contributed by atoms with E-state index < -0.39 is 0 Å². The van der Waals surface area contributed by atoms with Gasteiger partial charge in [0.25, 0.3) is 5.91 Å². The van der Waals surface area contributed by atoms with Crippen molar-refractivity contribution >= 4 is 60.7 Å². The van der Waals surface area contributed by atoms with Crippen LogP contribution in [0.2, 0.25) is 5.02 Å². The number of nitrogens with one attached hydrogen (secondary N) is 1. The smallest absolute Gasteiger partial charge is 0.260 e. The van der Waals surface area contributed by atoms with Crippen LogP contribution in [0.3, 0.4) is 0 Å². The molecule has 0 bridgehead atoms. The van der Waals surface area contributed by atoms with Crippen molar-refractivity contribution in [1.82, 2.24) is 4.98 Å². The molecule has 4 nitrogen and oxygen atoms in total. The third-order valence-corrected chi connectivity index (χ3v) is 4.28. The summed E-state index contributed by atoms with van der Waals surface area (Å²) in [6.07, 6.45) is 1.43. The van der Waals surface area contributed by atoms with Crippen molar-refractivity contribution in [2.45, 2.75) is 0 Å². The molecule has 0 radical (unpaired) electrons. The van der Waals surface area contributed by atoms with E-state index in [1.54, 1.807) is 17.6 Å². The SMILES string of the molecule is O=C(Nc1c(Cl)ccc2scnc12)c1ccoc1Br. The van der Waals surface area contributed by atoms with E-state index in [1.807, 2.05) is 6.07 Å². The molecule has 3 rings (SSSR count). The highest BCUT2D eigenvalue weighted by Gasteiger charge is 2.16. The van der Waals surface area contributed by atoms with Crippen LogP contribution in [0.1, 0.15) is 10.4 Å². The Bertz CT molecular complexity index is 768. The average molecular weight is 358 g/mol. The number of rotatable bonds is 2. The van der Waals surface area contributed by atoms with E-state index in [1.165, 1.54) is 17.6 Å². The highest BCUT2D eigenvalue weighted by Crippen LogP contribution is 2.33. The summed E-state index contributed by atoms with van der Waals surface area (Å²) in [6, 6.07) is 5.19. The van der Waals surface area contributed by atoms with Gasteiger partial charge in [0.05, 0.1) is 32.7 Å². The summed E-state index contributed by atoms with van der Waals surface area (Å²) in [6.45, 7) is 0. The topological polar surface area (TPSA) is 55.1 Å². The molecule has 0 atom stereocenters. The van der Waals surface area contributed by atoms with Gasteiger partial charge < -0.3 is 9.73 Å². The summed E-state index contributed by atoms with van der Waals surface area (Å²) in [5, 5.41) is 3.22. The summed E-state index contributed by atoms with van der Waals surface area (Å²) < 4.78 is 6.38. The predicted octanol–water partition coefficient (Wildman–Crippen LogP) is 4.56. The van der Waals surface area contributed by atoms with E-state index >= 15 is 0 Å². The van der Waals surface area contributed by atoms with Crippen LogP contribution in [0.5, 0.6) is 0 Å². The number of hydrogen-bond donors (Lipinski definition) is 1. The Hall–Kier alpha value is -1.37. The lowest BCUT2D eigenvalue weighted by Crippen LogP contribution is -2.12. The molecule has 0 aliphatic heterocycles. The van der Waals surface area contributed by atoms with Gasteiger partial charge in [0, 0.05) is 0 Å². The number of benzene rings is 1. The molecule has 0 fully saturated rings. The van der Waals surface area contributed by atoms with Crippen LogP contribution in [-0.4, -0.2) is 10.9 Å².